The van der Waals surface area contributed by atoms with Gasteiger partial charge in [0.15, 0.2) is 5.58 Å². The number of nitrogens with two attached hydrogens (primary N) is 1. The van der Waals surface area contributed by atoms with Crippen molar-refractivity contribution in [3.8, 4) is 0 Å². The number of hydrogen-bond donors (Lipinski definition) is 2. The summed E-state index contributed by atoms with van der Waals surface area (Å²) in [7, 11) is 0. The summed E-state index contributed by atoms with van der Waals surface area (Å²) in [4.78, 5) is 23.1. The molecule has 0 radical (unpaired) electrons. The van der Waals surface area contributed by atoms with Crippen LogP contribution in [0.2, 0.25) is 0 Å². The number of aromatic amines is 1. The van der Waals surface area contributed by atoms with Crippen molar-refractivity contribution in [1.82, 2.24) is 15.0 Å². The van der Waals surface area contributed by atoms with Crippen LogP contribution in [0.4, 0.5) is 5.69 Å². The molecule has 3 aromatic rings. The Morgan fingerprint density at radius 2 is 2.10 bits per heavy atom. The molecular formula is C14H14N4O2S. The van der Waals surface area contributed by atoms with E-state index in [1.165, 1.54) is 17.8 Å². The number of aromatic nitrogens is 3. The molecule has 0 atom stereocenters. The number of H-pyrrole nitrogens is 1. The predicted molar refractivity (Wildman–Crippen MR) is 81.5 cm³/mol. The third-order valence-electron chi connectivity index (χ3n) is 2.87. The molecule has 7 heteroatoms. The molecule has 3 N–H and O–H groups in total. The lowest BCUT2D eigenvalue weighted by Gasteiger charge is -2.04. The van der Waals surface area contributed by atoms with Crippen LogP contribution in [0, 0.1) is 0 Å². The molecule has 2 aromatic heterocycles. The van der Waals surface area contributed by atoms with Gasteiger partial charge in [-0.1, -0.05) is 13.8 Å². The van der Waals surface area contributed by atoms with Crippen LogP contribution in [0.1, 0.15) is 25.6 Å². The second kappa shape index (κ2) is 5.25. The van der Waals surface area contributed by atoms with E-state index >= 15 is 0 Å². The lowest BCUT2D eigenvalue weighted by Crippen LogP contribution is -2.11. The minimum Gasteiger partial charge on any atom is -0.431 e. The van der Waals surface area contributed by atoms with Gasteiger partial charge in [0.1, 0.15) is 16.4 Å². The predicted octanol–water partition coefficient (Wildman–Crippen LogP) is 2.77. The Morgan fingerprint density at radius 1 is 1.29 bits per heavy atom. The van der Waals surface area contributed by atoms with E-state index in [1.54, 1.807) is 18.2 Å². The molecule has 0 unspecified atom stereocenters. The van der Waals surface area contributed by atoms with Crippen molar-refractivity contribution in [3.63, 3.8) is 0 Å². The summed E-state index contributed by atoms with van der Waals surface area (Å²) in [6.45, 7) is 3.93. The molecule has 3 rings (SSSR count). The minimum atomic E-state index is -0.184. The molecule has 0 amide bonds. The smallest absolute Gasteiger partial charge is 0.263 e. The lowest BCUT2D eigenvalue weighted by atomic mass is 10.2. The standard InChI is InChI=1S/C14H14N4O2S/c1-7(2)13-17-11(19)6-12(18-13)21-14-16-9-5-8(15)3-4-10(9)20-14/h3-7H,15H2,1-2H3,(H,17,18,19). The van der Waals surface area contributed by atoms with Gasteiger partial charge in [-0.05, 0) is 30.0 Å². The van der Waals surface area contributed by atoms with Gasteiger partial charge in [-0.15, -0.1) is 0 Å². The van der Waals surface area contributed by atoms with E-state index in [2.05, 4.69) is 15.0 Å². The van der Waals surface area contributed by atoms with Crippen LogP contribution >= 0.6 is 11.8 Å². The van der Waals surface area contributed by atoms with Gasteiger partial charge in [0, 0.05) is 17.7 Å². The van der Waals surface area contributed by atoms with Gasteiger partial charge >= 0.3 is 0 Å². The molecule has 0 aliphatic rings. The summed E-state index contributed by atoms with van der Waals surface area (Å²) in [5, 5.41) is 0.991. The zero-order chi connectivity index (χ0) is 15.0. The first kappa shape index (κ1) is 13.7. The average Bonchev–Trinajstić information content (AvgIpc) is 2.79. The van der Waals surface area contributed by atoms with Crippen LogP contribution in [0.15, 0.2) is 43.7 Å². The Hall–Kier alpha value is -2.28. The van der Waals surface area contributed by atoms with Gasteiger partial charge in [0.05, 0.1) is 0 Å². The molecule has 0 saturated heterocycles. The highest BCUT2D eigenvalue weighted by Gasteiger charge is 2.11. The highest BCUT2D eigenvalue weighted by molar-refractivity contribution is 7.99. The maximum Gasteiger partial charge on any atom is 0.263 e. The van der Waals surface area contributed by atoms with Crippen molar-refractivity contribution < 1.29 is 4.42 Å². The van der Waals surface area contributed by atoms with Crippen LogP contribution in [-0.2, 0) is 0 Å². The Labute approximate surface area is 124 Å². The van der Waals surface area contributed by atoms with Crippen LogP contribution in [0.3, 0.4) is 0 Å². The summed E-state index contributed by atoms with van der Waals surface area (Å²) in [5.41, 5.74) is 7.50. The van der Waals surface area contributed by atoms with Gasteiger partial charge in [0.25, 0.3) is 10.8 Å². The lowest BCUT2D eigenvalue weighted by molar-refractivity contribution is 0.489. The second-order valence-corrected chi connectivity index (χ2v) is 5.90. The van der Waals surface area contributed by atoms with Gasteiger partial charge in [0.2, 0.25) is 0 Å². The number of fused-ring (bicyclic) bond motifs is 1. The number of hydrogen-bond acceptors (Lipinski definition) is 6. The molecule has 0 fully saturated rings. The van der Waals surface area contributed by atoms with Crippen molar-refractivity contribution in [1.29, 1.82) is 0 Å². The summed E-state index contributed by atoms with van der Waals surface area (Å²) in [6.07, 6.45) is 0. The maximum absolute atomic E-state index is 11.6. The third-order valence-corrected chi connectivity index (χ3v) is 3.63. The van der Waals surface area contributed by atoms with Gasteiger partial charge in [-0.25, -0.2) is 9.97 Å². The first-order valence-electron chi connectivity index (χ1n) is 6.46. The summed E-state index contributed by atoms with van der Waals surface area (Å²) in [6, 6.07) is 6.70. The van der Waals surface area contributed by atoms with Crippen molar-refractivity contribution in [3.05, 3.63) is 40.4 Å². The maximum atomic E-state index is 11.6. The second-order valence-electron chi connectivity index (χ2n) is 4.93. The highest BCUT2D eigenvalue weighted by atomic mass is 32.2. The van der Waals surface area contributed by atoms with Crippen LogP contribution in [0.25, 0.3) is 11.1 Å². The van der Waals surface area contributed by atoms with Gasteiger partial charge in [-0.2, -0.15) is 0 Å². The van der Waals surface area contributed by atoms with Crippen molar-refractivity contribution in [2.75, 3.05) is 5.73 Å². The van der Waals surface area contributed by atoms with E-state index in [9.17, 15) is 4.79 Å². The van der Waals surface area contributed by atoms with E-state index < -0.39 is 0 Å². The van der Waals surface area contributed by atoms with Gasteiger partial charge < -0.3 is 15.1 Å². The molecule has 108 valence electrons. The van der Waals surface area contributed by atoms with Crippen LogP contribution in [0.5, 0.6) is 0 Å². The first-order valence-corrected chi connectivity index (χ1v) is 7.28. The Bertz CT molecular complexity index is 854. The number of nitrogens with one attached hydrogen (secondary N) is 1. The molecule has 21 heavy (non-hydrogen) atoms. The number of oxazole rings is 1. The van der Waals surface area contributed by atoms with E-state index in [0.717, 1.165) is 0 Å². The summed E-state index contributed by atoms with van der Waals surface area (Å²) >= 11 is 1.22. The summed E-state index contributed by atoms with van der Waals surface area (Å²) < 4.78 is 5.61. The number of rotatable bonds is 3. The number of anilines is 1. The molecular weight excluding hydrogens is 288 g/mol. The van der Waals surface area contributed by atoms with Gasteiger partial charge in [-0.3, -0.25) is 4.79 Å². The minimum absolute atomic E-state index is 0.140. The van der Waals surface area contributed by atoms with E-state index in [1.807, 2.05) is 13.8 Å². The highest BCUT2D eigenvalue weighted by Crippen LogP contribution is 2.29. The number of nitrogens with zero attached hydrogens (tertiary/aromatic N) is 2. The molecule has 2 heterocycles. The molecule has 0 aliphatic carbocycles. The number of nitrogen functional groups attached to an aromatic ring is 1. The average molecular weight is 302 g/mol. The Kier molecular flexibility index (Phi) is 3.42. The first-order chi connectivity index (χ1) is 10.0. The Morgan fingerprint density at radius 3 is 2.86 bits per heavy atom. The largest absolute Gasteiger partial charge is 0.431 e. The van der Waals surface area contributed by atoms with Crippen LogP contribution < -0.4 is 11.3 Å². The Balaban J connectivity index is 1.96. The van der Waals surface area contributed by atoms with E-state index in [-0.39, 0.29) is 11.5 Å². The molecule has 0 saturated carbocycles. The summed E-state index contributed by atoms with van der Waals surface area (Å²) in [5.74, 6) is 0.784. The normalized spacial score (nSPS) is 11.4. The molecule has 0 bridgehead atoms. The zero-order valence-corrected chi connectivity index (χ0v) is 12.4. The zero-order valence-electron chi connectivity index (χ0n) is 11.6. The molecule has 6 nitrogen and oxygen atoms in total. The van der Waals surface area contributed by atoms with Crippen molar-refractivity contribution in [2.45, 2.75) is 30.0 Å². The molecule has 0 spiro atoms. The van der Waals surface area contributed by atoms with E-state index in [4.69, 9.17) is 10.2 Å². The quantitative estimate of drug-likeness (QED) is 0.570. The van der Waals surface area contributed by atoms with E-state index in [0.29, 0.717) is 32.9 Å². The van der Waals surface area contributed by atoms with Crippen molar-refractivity contribution in [2.24, 2.45) is 0 Å². The fraction of sp³-hybridized carbons (Fsp3) is 0.214. The van der Waals surface area contributed by atoms with Crippen molar-refractivity contribution >= 4 is 28.5 Å². The molecule has 0 aliphatic heterocycles. The fourth-order valence-corrected chi connectivity index (χ4v) is 2.60. The fourth-order valence-electron chi connectivity index (χ4n) is 1.84. The van der Waals surface area contributed by atoms with Crippen LogP contribution in [-0.4, -0.2) is 15.0 Å². The third kappa shape index (κ3) is 2.92. The topological polar surface area (TPSA) is 97.8 Å². The monoisotopic (exact) mass is 302 g/mol. The number of benzene rings is 1. The SMILES string of the molecule is CC(C)c1nc(Sc2nc3cc(N)ccc3o2)cc(=O)[nH]1. The molecule has 1 aromatic carbocycles.